The Kier molecular flexibility index (Phi) is 4.66. The van der Waals surface area contributed by atoms with E-state index in [2.05, 4.69) is 33.4 Å². The first kappa shape index (κ1) is 13.4. The normalized spacial score (nSPS) is 16.7. The van der Waals surface area contributed by atoms with Crippen LogP contribution in [0.5, 0.6) is 5.75 Å². The Morgan fingerprint density at radius 2 is 2.28 bits per heavy atom. The van der Waals surface area contributed by atoms with Gasteiger partial charge < -0.3 is 14.8 Å². The molecule has 1 aromatic rings. The summed E-state index contributed by atoms with van der Waals surface area (Å²) in [4.78, 5) is 0. The first-order chi connectivity index (χ1) is 8.76. The molecule has 3 nitrogen and oxygen atoms in total. The van der Waals surface area contributed by atoms with Crippen molar-refractivity contribution >= 4 is 15.9 Å². The molecule has 0 bridgehead atoms. The topological polar surface area (TPSA) is 30.5 Å². The first-order valence-electron chi connectivity index (χ1n) is 6.10. The first-order valence-corrected chi connectivity index (χ1v) is 6.89. The van der Waals surface area contributed by atoms with Gasteiger partial charge in [-0.25, -0.2) is 0 Å². The molecule has 0 spiro atoms. The van der Waals surface area contributed by atoms with Crippen molar-refractivity contribution in [2.45, 2.75) is 18.9 Å². The fourth-order valence-corrected chi connectivity index (χ4v) is 2.49. The van der Waals surface area contributed by atoms with E-state index in [0.717, 1.165) is 41.0 Å². The van der Waals surface area contributed by atoms with Crippen molar-refractivity contribution in [3.8, 4) is 5.75 Å². The molecule has 18 heavy (non-hydrogen) atoms. The van der Waals surface area contributed by atoms with Crippen LogP contribution in [0.3, 0.4) is 0 Å². The molecule has 1 unspecified atom stereocenters. The lowest BCUT2D eigenvalue weighted by atomic mass is 10.0. The second-order valence-corrected chi connectivity index (χ2v) is 5.12. The molecule has 1 aromatic carbocycles. The number of allylic oxidation sites excluding steroid dienone is 1. The summed E-state index contributed by atoms with van der Waals surface area (Å²) in [6, 6.07) is 6.10. The van der Waals surface area contributed by atoms with Gasteiger partial charge in [0.1, 0.15) is 11.5 Å². The lowest BCUT2D eigenvalue weighted by molar-refractivity contribution is 0.169. The molecule has 0 radical (unpaired) electrons. The summed E-state index contributed by atoms with van der Waals surface area (Å²) in [7, 11) is 3.62. The minimum atomic E-state index is 0.0494. The number of hydrogen-bond acceptors (Lipinski definition) is 3. The zero-order valence-electron chi connectivity index (χ0n) is 10.7. The predicted octanol–water partition coefficient (Wildman–Crippen LogP) is 3.41. The fourth-order valence-electron chi connectivity index (χ4n) is 2.15. The van der Waals surface area contributed by atoms with E-state index in [-0.39, 0.29) is 6.04 Å². The lowest BCUT2D eigenvalue weighted by Crippen LogP contribution is -2.22. The lowest BCUT2D eigenvalue weighted by Gasteiger charge is -2.25. The van der Waals surface area contributed by atoms with Crippen molar-refractivity contribution in [1.29, 1.82) is 0 Å². The van der Waals surface area contributed by atoms with Gasteiger partial charge in [-0.2, -0.15) is 0 Å². The molecule has 0 aromatic heterocycles. The van der Waals surface area contributed by atoms with Crippen LogP contribution in [0.15, 0.2) is 34.5 Å². The number of ether oxygens (including phenoxy) is 2. The van der Waals surface area contributed by atoms with E-state index in [1.165, 1.54) is 0 Å². The van der Waals surface area contributed by atoms with Gasteiger partial charge in [0.05, 0.1) is 19.8 Å². The van der Waals surface area contributed by atoms with E-state index < -0.39 is 0 Å². The minimum absolute atomic E-state index is 0.0494. The standard InChI is InChI=1S/C14H18BrNO2/c1-16-14(12-5-3-4-8-18-12)11-7-6-10(15)9-13(11)17-2/h5-7,9,14,16H,3-4,8H2,1-2H3. The monoisotopic (exact) mass is 311 g/mol. The van der Waals surface area contributed by atoms with Crippen LogP contribution >= 0.6 is 15.9 Å². The third kappa shape index (κ3) is 2.87. The molecular formula is C14H18BrNO2. The molecule has 0 amide bonds. The Labute approximate surface area is 116 Å². The Morgan fingerprint density at radius 1 is 1.44 bits per heavy atom. The summed E-state index contributed by atoms with van der Waals surface area (Å²) in [5.74, 6) is 1.85. The van der Waals surface area contributed by atoms with Crippen molar-refractivity contribution < 1.29 is 9.47 Å². The van der Waals surface area contributed by atoms with Crippen LogP contribution in [0.25, 0.3) is 0 Å². The Bertz CT molecular complexity index is 445. The number of nitrogens with one attached hydrogen (secondary N) is 1. The van der Waals surface area contributed by atoms with Crippen LogP contribution < -0.4 is 10.1 Å². The van der Waals surface area contributed by atoms with Gasteiger partial charge in [0.2, 0.25) is 0 Å². The van der Waals surface area contributed by atoms with Gasteiger partial charge in [-0.1, -0.05) is 22.0 Å². The van der Waals surface area contributed by atoms with Crippen LogP contribution in [0.4, 0.5) is 0 Å². The molecule has 1 atom stereocenters. The van der Waals surface area contributed by atoms with E-state index in [0.29, 0.717) is 0 Å². The molecule has 4 heteroatoms. The van der Waals surface area contributed by atoms with Gasteiger partial charge in [-0.05, 0) is 38.1 Å². The number of halogens is 1. The molecule has 98 valence electrons. The highest BCUT2D eigenvalue weighted by Gasteiger charge is 2.21. The number of hydrogen-bond donors (Lipinski definition) is 1. The van der Waals surface area contributed by atoms with Crippen molar-refractivity contribution in [3.63, 3.8) is 0 Å². The Balaban J connectivity index is 2.34. The third-order valence-electron chi connectivity index (χ3n) is 3.04. The van der Waals surface area contributed by atoms with E-state index in [1.807, 2.05) is 19.2 Å². The molecule has 0 aliphatic carbocycles. The maximum atomic E-state index is 5.75. The average molecular weight is 312 g/mol. The molecule has 1 N–H and O–H groups in total. The van der Waals surface area contributed by atoms with Crippen molar-refractivity contribution in [1.82, 2.24) is 5.32 Å². The summed E-state index contributed by atoms with van der Waals surface area (Å²) in [6.45, 7) is 0.795. The molecule has 1 heterocycles. The number of methoxy groups -OCH3 is 1. The summed E-state index contributed by atoms with van der Waals surface area (Å²) >= 11 is 3.46. The molecule has 1 aliphatic rings. The molecule has 2 rings (SSSR count). The molecule has 0 saturated carbocycles. The average Bonchev–Trinajstić information content (AvgIpc) is 2.42. The maximum Gasteiger partial charge on any atom is 0.125 e. The van der Waals surface area contributed by atoms with E-state index in [4.69, 9.17) is 9.47 Å². The van der Waals surface area contributed by atoms with Crippen molar-refractivity contribution in [3.05, 3.63) is 40.1 Å². The largest absolute Gasteiger partial charge is 0.496 e. The highest BCUT2D eigenvalue weighted by molar-refractivity contribution is 9.10. The zero-order chi connectivity index (χ0) is 13.0. The fraction of sp³-hybridized carbons (Fsp3) is 0.429. The summed E-state index contributed by atoms with van der Waals surface area (Å²) in [5, 5.41) is 3.29. The van der Waals surface area contributed by atoms with Crippen molar-refractivity contribution in [2.75, 3.05) is 20.8 Å². The Morgan fingerprint density at radius 3 is 2.89 bits per heavy atom. The van der Waals surface area contributed by atoms with Crippen LogP contribution in [-0.4, -0.2) is 20.8 Å². The van der Waals surface area contributed by atoms with Crippen LogP contribution in [0.1, 0.15) is 24.4 Å². The van der Waals surface area contributed by atoms with Gasteiger partial charge in [-0.15, -0.1) is 0 Å². The van der Waals surface area contributed by atoms with Crippen LogP contribution in [0.2, 0.25) is 0 Å². The van der Waals surface area contributed by atoms with E-state index in [1.54, 1.807) is 7.11 Å². The van der Waals surface area contributed by atoms with Gasteiger partial charge in [0.25, 0.3) is 0 Å². The Hall–Kier alpha value is -1.00. The van der Waals surface area contributed by atoms with Gasteiger partial charge in [0, 0.05) is 10.0 Å². The summed E-state index contributed by atoms with van der Waals surface area (Å²) < 4.78 is 12.2. The van der Waals surface area contributed by atoms with E-state index >= 15 is 0 Å². The quantitative estimate of drug-likeness (QED) is 0.924. The van der Waals surface area contributed by atoms with Gasteiger partial charge in [-0.3, -0.25) is 0 Å². The molecule has 0 fully saturated rings. The third-order valence-corrected chi connectivity index (χ3v) is 3.54. The van der Waals surface area contributed by atoms with Crippen LogP contribution in [0, 0.1) is 0 Å². The number of likely N-dealkylation sites (N-methyl/N-ethyl adjacent to an activating group) is 1. The number of benzene rings is 1. The highest BCUT2D eigenvalue weighted by atomic mass is 79.9. The zero-order valence-corrected chi connectivity index (χ0v) is 12.3. The van der Waals surface area contributed by atoms with Crippen molar-refractivity contribution in [2.24, 2.45) is 0 Å². The SMILES string of the molecule is CNC(C1=CCCCO1)c1ccc(Br)cc1OC. The molecule has 1 aliphatic heterocycles. The summed E-state index contributed by atoms with van der Waals surface area (Å²) in [5.41, 5.74) is 1.09. The minimum Gasteiger partial charge on any atom is -0.496 e. The highest BCUT2D eigenvalue weighted by Crippen LogP contribution is 2.33. The summed E-state index contributed by atoms with van der Waals surface area (Å²) in [6.07, 6.45) is 4.33. The van der Waals surface area contributed by atoms with Gasteiger partial charge >= 0.3 is 0 Å². The smallest absolute Gasteiger partial charge is 0.125 e. The van der Waals surface area contributed by atoms with E-state index in [9.17, 15) is 0 Å². The predicted molar refractivity (Wildman–Crippen MR) is 75.8 cm³/mol. The second-order valence-electron chi connectivity index (χ2n) is 4.21. The molecule has 0 saturated heterocycles. The van der Waals surface area contributed by atoms with Crippen LogP contribution in [-0.2, 0) is 4.74 Å². The molecular weight excluding hydrogens is 294 g/mol. The number of rotatable bonds is 4. The maximum absolute atomic E-state index is 5.75. The van der Waals surface area contributed by atoms with Gasteiger partial charge in [0.15, 0.2) is 0 Å². The second kappa shape index (κ2) is 6.25.